The molecule has 132 valence electrons. The molecule has 1 saturated heterocycles. The fraction of sp³-hybridized carbons (Fsp3) is 0.647. The molecule has 0 radical (unpaired) electrons. The molecule has 1 amide bonds. The molecule has 2 heterocycles. The lowest BCUT2D eigenvalue weighted by molar-refractivity contribution is -0.119. The highest BCUT2D eigenvalue weighted by Gasteiger charge is 2.36. The first-order chi connectivity index (χ1) is 11.6. The normalized spacial score (nSPS) is 29.0. The molecule has 7 heteroatoms. The second kappa shape index (κ2) is 8.20. The number of aryl methyl sites for hydroxylation is 1. The maximum Gasteiger partial charge on any atom is 0.244 e. The molecule has 0 bridgehead atoms. The predicted octanol–water partition coefficient (Wildman–Crippen LogP) is 1.20. The fourth-order valence-corrected chi connectivity index (χ4v) is 4.05. The van der Waals surface area contributed by atoms with Crippen LogP contribution in [0.1, 0.15) is 30.0 Å². The third kappa shape index (κ3) is 4.42. The number of morpholine rings is 1. The van der Waals surface area contributed by atoms with Crippen LogP contribution < -0.4 is 5.32 Å². The molecule has 2 aliphatic rings. The van der Waals surface area contributed by atoms with Gasteiger partial charge in [-0.2, -0.15) is 0 Å². The van der Waals surface area contributed by atoms with Crippen LogP contribution in [0.5, 0.6) is 0 Å². The second-order valence-corrected chi connectivity index (χ2v) is 7.44. The van der Waals surface area contributed by atoms with Crippen LogP contribution in [0, 0.1) is 6.92 Å². The van der Waals surface area contributed by atoms with Gasteiger partial charge in [-0.1, -0.05) is 0 Å². The largest absolute Gasteiger partial charge is 0.389 e. The van der Waals surface area contributed by atoms with Gasteiger partial charge in [-0.05, 0) is 32.3 Å². The monoisotopic (exact) mass is 351 g/mol. The number of thiazole rings is 1. The Bertz CT molecular complexity index is 583. The van der Waals surface area contributed by atoms with Gasteiger partial charge in [0.15, 0.2) is 0 Å². The molecule has 1 aromatic rings. The third-order valence-corrected chi connectivity index (χ3v) is 5.50. The van der Waals surface area contributed by atoms with Crippen LogP contribution >= 0.6 is 11.3 Å². The standard InChI is InChI=1S/C17H25N3O3S/c1-12-18-13(11-24-12)5-6-16(21)19-14-3-2-4-15(17(14)22)20-7-9-23-10-8-20/h5-6,11,14-15,17,22H,2-4,7-10H2,1H3,(H,19,21)/b6-5+/t14-,15-,17-/m1/s1. The van der Waals surface area contributed by atoms with Gasteiger partial charge in [0, 0.05) is 30.6 Å². The van der Waals surface area contributed by atoms with Gasteiger partial charge >= 0.3 is 0 Å². The minimum atomic E-state index is -0.532. The van der Waals surface area contributed by atoms with Crippen molar-refractivity contribution in [2.75, 3.05) is 26.3 Å². The molecular formula is C17H25N3O3S. The summed E-state index contributed by atoms with van der Waals surface area (Å²) in [5.74, 6) is -0.174. The van der Waals surface area contributed by atoms with E-state index in [0.717, 1.165) is 56.3 Å². The maximum absolute atomic E-state index is 12.2. The van der Waals surface area contributed by atoms with Crippen LogP contribution in [-0.4, -0.2) is 65.4 Å². The van der Waals surface area contributed by atoms with E-state index in [1.54, 1.807) is 17.4 Å². The Balaban J connectivity index is 1.55. The Morgan fingerprint density at radius 1 is 1.46 bits per heavy atom. The zero-order valence-corrected chi connectivity index (χ0v) is 14.8. The molecule has 2 fully saturated rings. The first-order valence-electron chi connectivity index (χ1n) is 8.54. The highest BCUT2D eigenvalue weighted by Crippen LogP contribution is 2.24. The van der Waals surface area contributed by atoms with E-state index in [9.17, 15) is 9.90 Å². The van der Waals surface area contributed by atoms with E-state index in [-0.39, 0.29) is 18.0 Å². The fourth-order valence-electron chi connectivity index (χ4n) is 3.47. The summed E-state index contributed by atoms with van der Waals surface area (Å²) in [5, 5.41) is 16.5. The van der Waals surface area contributed by atoms with Crippen molar-refractivity contribution in [2.24, 2.45) is 0 Å². The number of nitrogens with one attached hydrogen (secondary N) is 1. The minimum absolute atomic E-state index is 0.109. The van der Waals surface area contributed by atoms with Crippen molar-refractivity contribution in [3.05, 3.63) is 22.2 Å². The molecular weight excluding hydrogens is 326 g/mol. The Hall–Kier alpha value is -1.28. The van der Waals surface area contributed by atoms with Crippen LogP contribution in [0.3, 0.4) is 0 Å². The van der Waals surface area contributed by atoms with Crippen molar-refractivity contribution in [2.45, 2.75) is 44.4 Å². The maximum atomic E-state index is 12.2. The smallest absolute Gasteiger partial charge is 0.244 e. The van der Waals surface area contributed by atoms with Gasteiger partial charge < -0.3 is 15.2 Å². The highest BCUT2D eigenvalue weighted by molar-refractivity contribution is 7.09. The minimum Gasteiger partial charge on any atom is -0.389 e. The number of aromatic nitrogens is 1. The number of aliphatic hydroxyl groups is 1. The number of hydrogen-bond acceptors (Lipinski definition) is 6. The molecule has 1 saturated carbocycles. The summed E-state index contributed by atoms with van der Waals surface area (Å²) in [5.41, 5.74) is 0.794. The molecule has 0 aromatic carbocycles. The van der Waals surface area contributed by atoms with Gasteiger partial charge in [0.05, 0.1) is 36.1 Å². The summed E-state index contributed by atoms with van der Waals surface area (Å²) >= 11 is 1.56. The first kappa shape index (κ1) is 17.5. The zero-order chi connectivity index (χ0) is 16.9. The number of amides is 1. The van der Waals surface area contributed by atoms with Crippen molar-refractivity contribution in [1.29, 1.82) is 0 Å². The molecule has 3 rings (SSSR count). The molecule has 1 aromatic heterocycles. The average molecular weight is 351 g/mol. The van der Waals surface area contributed by atoms with E-state index in [2.05, 4.69) is 15.2 Å². The molecule has 0 spiro atoms. The second-order valence-electron chi connectivity index (χ2n) is 6.38. The topological polar surface area (TPSA) is 74.7 Å². The Morgan fingerprint density at radius 2 is 2.25 bits per heavy atom. The zero-order valence-electron chi connectivity index (χ0n) is 14.0. The van der Waals surface area contributed by atoms with Crippen LogP contribution in [0.15, 0.2) is 11.5 Å². The van der Waals surface area contributed by atoms with Crippen LogP contribution in [0.2, 0.25) is 0 Å². The highest BCUT2D eigenvalue weighted by atomic mass is 32.1. The van der Waals surface area contributed by atoms with Crippen LogP contribution in [0.4, 0.5) is 0 Å². The van der Waals surface area contributed by atoms with Gasteiger partial charge in [-0.3, -0.25) is 9.69 Å². The predicted molar refractivity (Wildman–Crippen MR) is 93.9 cm³/mol. The Morgan fingerprint density at radius 3 is 2.96 bits per heavy atom. The summed E-state index contributed by atoms with van der Waals surface area (Å²) in [6.45, 7) is 5.08. The quantitative estimate of drug-likeness (QED) is 0.797. The van der Waals surface area contributed by atoms with Crippen molar-refractivity contribution in [3.8, 4) is 0 Å². The van der Waals surface area contributed by atoms with Crippen molar-refractivity contribution < 1.29 is 14.6 Å². The van der Waals surface area contributed by atoms with E-state index in [1.807, 2.05) is 12.3 Å². The molecule has 6 nitrogen and oxygen atoms in total. The molecule has 0 unspecified atom stereocenters. The van der Waals surface area contributed by atoms with E-state index >= 15 is 0 Å². The molecule has 1 aliphatic carbocycles. The van der Waals surface area contributed by atoms with E-state index in [1.165, 1.54) is 6.08 Å². The Labute approximate surface area is 146 Å². The Kier molecular flexibility index (Phi) is 5.99. The molecule has 2 N–H and O–H groups in total. The van der Waals surface area contributed by atoms with Crippen molar-refractivity contribution in [3.63, 3.8) is 0 Å². The SMILES string of the molecule is Cc1nc(/C=C/C(=O)N[C@@H]2CCC[C@@H](N3CCOCC3)[C@@H]2O)cs1. The summed E-state index contributed by atoms with van der Waals surface area (Å²) in [4.78, 5) is 18.7. The average Bonchev–Trinajstić information content (AvgIpc) is 3.01. The number of rotatable bonds is 4. The van der Waals surface area contributed by atoms with Gasteiger partial charge in [0.25, 0.3) is 0 Å². The number of carbonyl (C=O) groups excluding carboxylic acids is 1. The summed E-state index contributed by atoms with van der Waals surface area (Å²) in [6.07, 6.45) is 5.49. The van der Waals surface area contributed by atoms with Crippen LogP contribution in [-0.2, 0) is 9.53 Å². The van der Waals surface area contributed by atoms with E-state index in [4.69, 9.17) is 4.74 Å². The number of ether oxygens (including phenoxy) is 1. The van der Waals surface area contributed by atoms with Gasteiger partial charge in [0.1, 0.15) is 0 Å². The summed E-state index contributed by atoms with van der Waals surface area (Å²) in [6, 6.07) is -0.0842. The van der Waals surface area contributed by atoms with Crippen LogP contribution in [0.25, 0.3) is 6.08 Å². The number of carbonyl (C=O) groups is 1. The lowest BCUT2D eigenvalue weighted by Crippen LogP contribution is -2.58. The van der Waals surface area contributed by atoms with Crippen molar-refractivity contribution >= 4 is 23.3 Å². The molecule has 1 aliphatic heterocycles. The number of aliphatic hydroxyl groups excluding tert-OH is 1. The van der Waals surface area contributed by atoms with E-state index < -0.39 is 6.10 Å². The lowest BCUT2D eigenvalue weighted by Gasteiger charge is -2.42. The molecule has 24 heavy (non-hydrogen) atoms. The van der Waals surface area contributed by atoms with Gasteiger partial charge in [-0.15, -0.1) is 11.3 Å². The van der Waals surface area contributed by atoms with Crippen molar-refractivity contribution in [1.82, 2.24) is 15.2 Å². The van der Waals surface area contributed by atoms with E-state index in [0.29, 0.717) is 0 Å². The van der Waals surface area contributed by atoms with Gasteiger partial charge in [-0.25, -0.2) is 4.98 Å². The lowest BCUT2D eigenvalue weighted by atomic mass is 9.86. The van der Waals surface area contributed by atoms with Gasteiger partial charge in [0.2, 0.25) is 5.91 Å². The number of nitrogens with zero attached hydrogens (tertiary/aromatic N) is 2. The third-order valence-electron chi connectivity index (χ3n) is 4.71. The first-order valence-corrected chi connectivity index (χ1v) is 9.42. The number of hydrogen-bond donors (Lipinski definition) is 2. The summed E-state index contributed by atoms with van der Waals surface area (Å²) < 4.78 is 5.39. The summed E-state index contributed by atoms with van der Waals surface area (Å²) in [7, 11) is 0. The molecule has 3 atom stereocenters.